The molecule has 8 nitrogen and oxygen atoms in total. The van der Waals surface area contributed by atoms with E-state index in [4.69, 9.17) is 4.74 Å². The van der Waals surface area contributed by atoms with Crippen molar-refractivity contribution in [2.45, 2.75) is 26.3 Å². The molecule has 2 aliphatic carbocycles. The quantitative estimate of drug-likeness (QED) is 0.330. The van der Waals surface area contributed by atoms with Crippen molar-refractivity contribution in [1.82, 2.24) is 4.90 Å². The Kier molecular flexibility index (Phi) is 5.01. The summed E-state index contributed by atoms with van der Waals surface area (Å²) in [4.78, 5) is 62.4. The lowest BCUT2D eigenvalue weighted by Gasteiger charge is -2.23. The van der Waals surface area contributed by atoms with Crippen LogP contribution in [0.25, 0.3) is 0 Å². The molecule has 1 aliphatic heterocycles. The zero-order valence-electron chi connectivity index (χ0n) is 16.7. The second-order valence-electron chi connectivity index (χ2n) is 8.02. The van der Waals surface area contributed by atoms with Gasteiger partial charge in [0.05, 0.1) is 11.8 Å². The number of anilines is 1. The van der Waals surface area contributed by atoms with Gasteiger partial charge in [0.25, 0.3) is 5.91 Å². The number of ether oxygens (including phenoxy) is 1. The Balaban J connectivity index is 1.34. The number of carbonyl (C=O) groups is 5. The average Bonchev–Trinajstić information content (AvgIpc) is 3.39. The van der Waals surface area contributed by atoms with Crippen molar-refractivity contribution < 1.29 is 28.7 Å². The Morgan fingerprint density at radius 1 is 1.13 bits per heavy atom. The van der Waals surface area contributed by atoms with E-state index in [1.165, 1.54) is 19.9 Å². The van der Waals surface area contributed by atoms with E-state index < -0.39 is 24.5 Å². The molecule has 1 aromatic rings. The number of rotatable bonds is 6. The molecule has 0 aromatic heterocycles. The summed E-state index contributed by atoms with van der Waals surface area (Å²) in [6, 6.07) is 5.29. The number of hydrogen-bond acceptors (Lipinski definition) is 6. The lowest BCUT2D eigenvalue weighted by Crippen LogP contribution is -2.45. The normalized spacial score (nSPS) is 27.2. The molecule has 0 spiro atoms. The van der Waals surface area contributed by atoms with Crippen molar-refractivity contribution in [3.8, 4) is 0 Å². The molecule has 30 heavy (non-hydrogen) atoms. The summed E-state index contributed by atoms with van der Waals surface area (Å²) in [6.45, 7) is 2.28. The highest BCUT2D eigenvalue weighted by atomic mass is 16.5. The maximum Gasteiger partial charge on any atom is 0.329 e. The van der Waals surface area contributed by atoms with Gasteiger partial charge >= 0.3 is 5.97 Å². The topological polar surface area (TPSA) is 110 Å². The minimum Gasteiger partial charge on any atom is -0.454 e. The first kappa shape index (κ1) is 20.0. The van der Waals surface area contributed by atoms with E-state index in [1.807, 2.05) is 12.2 Å². The molecule has 1 heterocycles. The van der Waals surface area contributed by atoms with Crippen molar-refractivity contribution in [3.05, 3.63) is 42.0 Å². The van der Waals surface area contributed by atoms with Crippen LogP contribution in [-0.2, 0) is 23.9 Å². The summed E-state index contributed by atoms with van der Waals surface area (Å²) in [5.74, 6) is -2.88. The first-order chi connectivity index (χ1) is 14.3. The number of nitrogens with one attached hydrogen (secondary N) is 1. The van der Waals surface area contributed by atoms with E-state index in [0.29, 0.717) is 11.3 Å². The fourth-order valence-corrected chi connectivity index (χ4v) is 4.68. The highest BCUT2D eigenvalue weighted by molar-refractivity contribution is 6.09. The summed E-state index contributed by atoms with van der Waals surface area (Å²) in [5, 5.41) is 2.55. The van der Waals surface area contributed by atoms with Gasteiger partial charge in [0.15, 0.2) is 12.4 Å². The average molecular weight is 410 g/mol. The smallest absolute Gasteiger partial charge is 0.329 e. The number of nitrogens with zero attached hydrogens (tertiary/aromatic N) is 1. The molecule has 4 rings (SSSR count). The standard InChI is InChI=1S/C22H22N2O6/c1-11(24-20(27)18-14-6-7-15(8-14)19(18)21(24)28)22(29)30-10-17(26)23-16-5-3-4-13(9-16)12(2)25/h3-7,9,11,14-15,18-19H,8,10H2,1-2H3,(H,23,26)/t11-,14+,15+,18-,19+/m1/s1. The van der Waals surface area contributed by atoms with E-state index in [1.54, 1.807) is 18.2 Å². The van der Waals surface area contributed by atoms with Crippen molar-refractivity contribution in [2.24, 2.45) is 23.7 Å². The monoisotopic (exact) mass is 410 g/mol. The molecule has 2 fully saturated rings. The van der Waals surface area contributed by atoms with Crippen molar-refractivity contribution in [2.75, 3.05) is 11.9 Å². The minimum absolute atomic E-state index is 0.0567. The summed E-state index contributed by atoms with van der Waals surface area (Å²) < 4.78 is 5.04. The summed E-state index contributed by atoms with van der Waals surface area (Å²) in [5.41, 5.74) is 0.843. The number of esters is 1. The number of Topliss-reactive ketones (excluding diaryl/α,β-unsaturated/α-hetero) is 1. The molecule has 156 valence electrons. The Hall–Kier alpha value is -3.29. The predicted molar refractivity (Wildman–Crippen MR) is 105 cm³/mol. The Morgan fingerprint density at radius 2 is 1.77 bits per heavy atom. The number of fused-ring (bicyclic) bond motifs is 5. The van der Waals surface area contributed by atoms with Gasteiger partial charge < -0.3 is 10.1 Å². The molecule has 0 radical (unpaired) electrons. The summed E-state index contributed by atoms with van der Waals surface area (Å²) in [7, 11) is 0. The predicted octanol–water partition coefficient (Wildman–Crippen LogP) is 1.57. The number of benzene rings is 1. The molecule has 0 unspecified atom stereocenters. The van der Waals surface area contributed by atoms with Crippen LogP contribution in [0.5, 0.6) is 0 Å². The van der Waals surface area contributed by atoms with E-state index >= 15 is 0 Å². The number of allylic oxidation sites excluding steroid dienone is 2. The number of ketones is 1. The van der Waals surface area contributed by atoms with Crippen LogP contribution in [0.15, 0.2) is 36.4 Å². The van der Waals surface area contributed by atoms with Gasteiger partial charge in [-0.25, -0.2) is 4.79 Å². The van der Waals surface area contributed by atoms with Gasteiger partial charge in [0, 0.05) is 11.3 Å². The second-order valence-corrected chi connectivity index (χ2v) is 8.02. The van der Waals surface area contributed by atoms with Gasteiger partial charge in [0.2, 0.25) is 11.8 Å². The van der Waals surface area contributed by atoms with Crippen molar-refractivity contribution in [3.63, 3.8) is 0 Å². The second kappa shape index (κ2) is 7.51. The SMILES string of the molecule is CC(=O)c1cccc(NC(=O)COC(=O)[C@@H](C)N2C(=O)[C@@H]3[C@H](C2=O)[C@H]2C=C[C@H]3C2)c1. The van der Waals surface area contributed by atoms with Crippen LogP contribution in [0.3, 0.4) is 0 Å². The molecule has 1 N–H and O–H groups in total. The maximum atomic E-state index is 12.8. The zero-order chi connectivity index (χ0) is 21.6. The molecular formula is C22H22N2O6. The van der Waals surface area contributed by atoms with E-state index in [2.05, 4.69) is 5.32 Å². The Bertz CT molecular complexity index is 954. The Morgan fingerprint density at radius 3 is 2.37 bits per heavy atom. The van der Waals surface area contributed by atoms with Crippen LogP contribution < -0.4 is 5.32 Å². The van der Waals surface area contributed by atoms with Crippen molar-refractivity contribution in [1.29, 1.82) is 0 Å². The number of hydrogen-bond donors (Lipinski definition) is 1. The van der Waals surface area contributed by atoms with E-state index in [-0.39, 0.29) is 41.3 Å². The van der Waals surface area contributed by atoms with Crippen LogP contribution in [0.2, 0.25) is 0 Å². The summed E-state index contributed by atoms with van der Waals surface area (Å²) in [6.07, 6.45) is 4.77. The first-order valence-electron chi connectivity index (χ1n) is 9.90. The molecule has 5 atom stereocenters. The minimum atomic E-state index is -1.09. The van der Waals surface area contributed by atoms with E-state index in [0.717, 1.165) is 11.3 Å². The fraction of sp³-hybridized carbons (Fsp3) is 0.409. The number of amides is 3. The van der Waals surface area contributed by atoms with Crippen molar-refractivity contribution >= 4 is 35.2 Å². The van der Waals surface area contributed by atoms with Crippen LogP contribution in [0.1, 0.15) is 30.6 Å². The van der Waals surface area contributed by atoms with Crippen LogP contribution >= 0.6 is 0 Å². The summed E-state index contributed by atoms with van der Waals surface area (Å²) >= 11 is 0. The first-order valence-corrected chi connectivity index (χ1v) is 9.90. The molecular weight excluding hydrogens is 388 g/mol. The molecule has 1 saturated carbocycles. The van der Waals surface area contributed by atoms with Gasteiger partial charge in [-0.05, 0) is 44.2 Å². The van der Waals surface area contributed by atoms with Crippen LogP contribution in [0.4, 0.5) is 5.69 Å². The molecule has 2 bridgehead atoms. The van der Waals surface area contributed by atoms with E-state index in [9.17, 15) is 24.0 Å². The lowest BCUT2D eigenvalue weighted by molar-refractivity contribution is -0.159. The molecule has 3 aliphatic rings. The van der Waals surface area contributed by atoms with Crippen LogP contribution in [0, 0.1) is 23.7 Å². The molecule has 1 aromatic carbocycles. The molecule has 1 saturated heterocycles. The Labute approximate surface area is 173 Å². The number of imide groups is 1. The van der Waals surface area contributed by atoms with Gasteiger partial charge in [-0.1, -0.05) is 24.3 Å². The van der Waals surface area contributed by atoms with Gasteiger partial charge in [0.1, 0.15) is 6.04 Å². The lowest BCUT2D eigenvalue weighted by atomic mass is 9.85. The third-order valence-electron chi connectivity index (χ3n) is 6.13. The van der Waals surface area contributed by atoms with Crippen LogP contribution in [-0.4, -0.2) is 47.0 Å². The molecule has 8 heteroatoms. The third-order valence-corrected chi connectivity index (χ3v) is 6.13. The highest BCUT2D eigenvalue weighted by Crippen LogP contribution is 2.52. The van der Waals surface area contributed by atoms with Gasteiger partial charge in [-0.2, -0.15) is 0 Å². The zero-order valence-corrected chi connectivity index (χ0v) is 16.7. The third kappa shape index (κ3) is 3.32. The van der Waals surface area contributed by atoms with Gasteiger partial charge in [-0.15, -0.1) is 0 Å². The number of carbonyl (C=O) groups excluding carboxylic acids is 5. The molecule has 3 amide bonds. The highest BCUT2D eigenvalue weighted by Gasteiger charge is 2.60. The van der Waals surface area contributed by atoms with Gasteiger partial charge in [-0.3, -0.25) is 24.1 Å². The fourth-order valence-electron chi connectivity index (χ4n) is 4.68. The maximum absolute atomic E-state index is 12.8. The largest absolute Gasteiger partial charge is 0.454 e. The number of likely N-dealkylation sites (tertiary alicyclic amines) is 1.